The molecule has 0 spiro atoms. The molecule has 0 unspecified atom stereocenters. The minimum absolute atomic E-state index is 0.0445. The fraction of sp³-hybridized carbons (Fsp3) is 0.200. The summed E-state index contributed by atoms with van der Waals surface area (Å²) in [6.07, 6.45) is 1.72. The summed E-state index contributed by atoms with van der Waals surface area (Å²) >= 11 is 12.5. The van der Waals surface area contributed by atoms with E-state index in [1.807, 2.05) is 6.92 Å². The molecule has 0 radical (unpaired) electrons. The van der Waals surface area contributed by atoms with Crippen LogP contribution in [-0.2, 0) is 10.0 Å². The number of rotatable bonds is 9. The number of halogens is 2. The third-order valence-corrected chi connectivity index (χ3v) is 7.38. The van der Waals surface area contributed by atoms with Crippen LogP contribution in [0.25, 0.3) is 0 Å². The van der Waals surface area contributed by atoms with Gasteiger partial charge in [0.25, 0.3) is 26.2 Å². The number of para-hydroxylation sites is 1. The van der Waals surface area contributed by atoms with Crippen LogP contribution in [0.3, 0.4) is 0 Å². The molecular formula is C20H19Cl2N5O4S2. The molecule has 9 nitrogen and oxygen atoms in total. The van der Waals surface area contributed by atoms with E-state index in [9.17, 15) is 18.0 Å². The van der Waals surface area contributed by atoms with Crippen LogP contribution in [0.15, 0.2) is 46.8 Å². The summed E-state index contributed by atoms with van der Waals surface area (Å²) in [5.74, 6) is -0.995. The van der Waals surface area contributed by atoms with Gasteiger partial charge in [-0.15, -0.1) is 10.2 Å². The first kappa shape index (κ1) is 24.9. The number of carbonyl (C=O) groups excluding carboxylic acids is 2. The molecule has 0 aliphatic heterocycles. The first-order valence-corrected chi connectivity index (χ1v) is 12.8. The summed E-state index contributed by atoms with van der Waals surface area (Å²) in [4.78, 5) is 24.8. The van der Waals surface area contributed by atoms with Crippen molar-refractivity contribution in [2.75, 3.05) is 16.6 Å². The van der Waals surface area contributed by atoms with Gasteiger partial charge in [0.05, 0.1) is 21.8 Å². The summed E-state index contributed by atoms with van der Waals surface area (Å²) in [5, 5.41) is 13.0. The molecule has 3 rings (SSSR count). The predicted octanol–water partition coefficient (Wildman–Crippen LogP) is 4.43. The van der Waals surface area contributed by atoms with Gasteiger partial charge in [0.2, 0.25) is 5.13 Å². The molecule has 0 fully saturated rings. The maximum absolute atomic E-state index is 12.8. The minimum atomic E-state index is -4.17. The lowest BCUT2D eigenvalue weighted by molar-refractivity contribution is 0.0953. The van der Waals surface area contributed by atoms with Crippen molar-refractivity contribution < 1.29 is 18.0 Å². The summed E-state index contributed by atoms with van der Waals surface area (Å²) in [7, 11) is -4.17. The second-order valence-electron chi connectivity index (χ2n) is 6.71. The second kappa shape index (κ2) is 10.9. The Balaban J connectivity index is 1.75. The lowest BCUT2D eigenvalue weighted by Gasteiger charge is -2.11. The third-order valence-electron chi connectivity index (χ3n) is 4.26. The number of anilines is 2. The number of hydrogen-bond donors (Lipinski definition) is 3. The van der Waals surface area contributed by atoms with E-state index in [-0.39, 0.29) is 31.3 Å². The van der Waals surface area contributed by atoms with Gasteiger partial charge in [-0.1, -0.05) is 60.0 Å². The minimum Gasteiger partial charge on any atom is -0.352 e. The van der Waals surface area contributed by atoms with Crippen LogP contribution in [0, 0.1) is 0 Å². The van der Waals surface area contributed by atoms with Crippen LogP contribution in [0.4, 0.5) is 10.8 Å². The molecule has 3 aromatic rings. The lowest BCUT2D eigenvalue weighted by atomic mass is 10.1. The second-order valence-corrected chi connectivity index (χ2v) is 10.4. The fourth-order valence-electron chi connectivity index (χ4n) is 2.64. The van der Waals surface area contributed by atoms with E-state index < -0.39 is 21.8 Å². The highest BCUT2D eigenvalue weighted by atomic mass is 35.5. The largest absolute Gasteiger partial charge is 0.352 e. The Morgan fingerprint density at radius 2 is 1.79 bits per heavy atom. The number of nitrogens with one attached hydrogen (secondary N) is 3. The van der Waals surface area contributed by atoms with Gasteiger partial charge < -0.3 is 5.32 Å². The van der Waals surface area contributed by atoms with E-state index in [0.717, 1.165) is 12.8 Å². The van der Waals surface area contributed by atoms with E-state index in [1.54, 1.807) is 12.1 Å². The van der Waals surface area contributed by atoms with Crippen molar-refractivity contribution in [1.82, 2.24) is 15.5 Å². The van der Waals surface area contributed by atoms with Crippen molar-refractivity contribution in [2.24, 2.45) is 0 Å². The van der Waals surface area contributed by atoms with Gasteiger partial charge in [-0.2, -0.15) is 8.42 Å². The maximum atomic E-state index is 12.8. The number of benzene rings is 2. The Bertz CT molecular complexity index is 1280. The molecule has 1 heterocycles. The fourth-order valence-corrected chi connectivity index (χ4v) is 5.11. The highest BCUT2D eigenvalue weighted by molar-refractivity contribution is 7.94. The molecule has 0 bridgehead atoms. The van der Waals surface area contributed by atoms with Gasteiger partial charge in [0.1, 0.15) is 0 Å². The van der Waals surface area contributed by atoms with E-state index >= 15 is 0 Å². The average Bonchev–Trinajstić information content (AvgIpc) is 3.23. The van der Waals surface area contributed by atoms with Gasteiger partial charge in [-0.25, -0.2) is 0 Å². The van der Waals surface area contributed by atoms with E-state index in [0.29, 0.717) is 22.9 Å². The Kier molecular flexibility index (Phi) is 8.25. The maximum Gasteiger partial charge on any atom is 0.291 e. The van der Waals surface area contributed by atoms with Crippen LogP contribution in [-0.4, -0.2) is 37.0 Å². The summed E-state index contributed by atoms with van der Waals surface area (Å²) in [5.41, 5.74) is 0.412. The molecule has 2 amide bonds. The van der Waals surface area contributed by atoms with Crippen LogP contribution in [0.5, 0.6) is 0 Å². The molecule has 3 N–H and O–H groups in total. The van der Waals surface area contributed by atoms with Crippen molar-refractivity contribution in [3.05, 3.63) is 63.6 Å². The van der Waals surface area contributed by atoms with Crippen molar-refractivity contribution >= 4 is 67.2 Å². The van der Waals surface area contributed by atoms with Crippen molar-refractivity contribution in [1.29, 1.82) is 0 Å². The Morgan fingerprint density at radius 3 is 2.52 bits per heavy atom. The standard InChI is InChI=1S/C20H19Cl2N5O4S2/c1-2-3-10-23-17(28)14-6-4-5-7-16(14)27-33(30,31)20-26-25-19(32-20)24-18(29)13-9-8-12(21)11-15(13)22/h4-9,11,27H,2-3,10H2,1H3,(H,23,28)(H,24,25,29). The van der Waals surface area contributed by atoms with E-state index in [4.69, 9.17) is 23.2 Å². The summed E-state index contributed by atoms with van der Waals surface area (Å²) in [6.45, 7) is 2.48. The monoisotopic (exact) mass is 527 g/mol. The number of carbonyl (C=O) groups is 2. The zero-order valence-corrected chi connectivity index (χ0v) is 20.4. The van der Waals surface area contributed by atoms with Gasteiger partial charge in [0, 0.05) is 11.6 Å². The van der Waals surface area contributed by atoms with Gasteiger partial charge in [0.15, 0.2) is 0 Å². The molecule has 0 saturated carbocycles. The highest BCUT2D eigenvalue weighted by Gasteiger charge is 2.24. The first-order valence-electron chi connectivity index (χ1n) is 9.71. The number of hydrogen-bond acceptors (Lipinski definition) is 7. The molecule has 2 aromatic carbocycles. The SMILES string of the molecule is CCCCNC(=O)c1ccccc1NS(=O)(=O)c1nnc(NC(=O)c2ccc(Cl)cc2Cl)s1. The van der Waals surface area contributed by atoms with Crippen molar-refractivity contribution in [3.63, 3.8) is 0 Å². The molecule has 0 saturated heterocycles. The zero-order chi connectivity index (χ0) is 24.0. The number of unbranched alkanes of at least 4 members (excludes halogenated alkanes) is 1. The molecule has 33 heavy (non-hydrogen) atoms. The molecule has 13 heteroatoms. The quantitative estimate of drug-likeness (QED) is 0.278. The Hall–Kier alpha value is -2.73. The highest BCUT2D eigenvalue weighted by Crippen LogP contribution is 2.26. The van der Waals surface area contributed by atoms with E-state index in [1.165, 1.54) is 30.3 Å². The lowest BCUT2D eigenvalue weighted by Crippen LogP contribution is -2.26. The third kappa shape index (κ3) is 6.41. The van der Waals surface area contributed by atoms with Crippen molar-refractivity contribution in [3.8, 4) is 0 Å². The van der Waals surface area contributed by atoms with Gasteiger partial charge in [-0.05, 0) is 36.8 Å². The van der Waals surface area contributed by atoms with Crippen LogP contribution in [0.1, 0.15) is 40.5 Å². The predicted molar refractivity (Wildman–Crippen MR) is 129 cm³/mol. The normalized spacial score (nSPS) is 11.1. The Morgan fingerprint density at radius 1 is 1.03 bits per heavy atom. The number of aromatic nitrogens is 2. The van der Waals surface area contributed by atoms with Crippen LogP contribution >= 0.6 is 34.5 Å². The van der Waals surface area contributed by atoms with E-state index in [2.05, 4.69) is 25.6 Å². The Labute approximate surface area is 204 Å². The van der Waals surface area contributed by atoms with Gasteiger partial charge in [-0.3, -0.25) is 19.6 Å². The zero-order valence-electron chi connectivity index (χ0n) is 17.3. The average molecular weight is 528 g/mol. The molecule has 1 aromatic heterocycles. The number of amides is 2. The van der Waals surface area contributed by atoms with Crippen LogP contribution < -0.4 is 15.4 Å². The van der Waals surface area contributed by atoms with Crippen LogP contribution in [0.2, 0.25) is 10.0 Å². The molecule has 0 aliphatic rings. The smallest absolute Gasteiger partial charge is 0.291 e. The van der Waals surface area contributed by atoms with Crippen molar-refractivity contribution in [2.45, 2.75) is 24.1 Å². The number of sulfonamides is 1. The molecular weight excluding hydrogens is 509 g/mol. The molecule has 0 atom stereocenters. The first-order chi connectivity index (χ1) is 15.7. The summed E-state index contributed by atoms with van der Waals surface area (Å²) < 4.78 is 27.6. The number of nitrogens with zero attached hydrogens (tertiary/aromatic N) is 2. The van der Waals surface area contributed by atoms with Gasteiger partial charge >= 0.3 is 0 Å². The molecule has 0 aliphatic carbocycles. The topological polar surface area (TPSA) is 130 Å². The molecule has 174 valence electrons. The summed E-state index contributed by atoms with van der Waals surface area (Å²) in [6, 6.07) is 10.6.